The van der Waals surface area contributed by atoms with E-state index >= 15 is 0 Å². The van der Waals surface area contributed by atoms with E-state index in [1.165, 1.54) is 6.08 Å². The summed E-state index contributed by atoms with van der Waals surface area (Å²) >= 11 is 0. The van der Waals surface area contributed by atoms with Gasteiger partial charge in [-0.2, -0.15) is 0 Å². The second-order valence-corrected chi connectivity index (χ2v) is 7.14. The molecule has 2 aromatic carbocycles. The summed E-state index contributed by atoms with van der Waals surface area (Å²) in [6.45, 7) is 5.88. The second-order valence-electron chi connectivity index (χ2n) is 7.14. The Bertz CT molecular complexity index is 946. The van der Waals surface area contributed by atoms with Gasteiger partial charge in [0.1, 0.15) is 0 Å². The SMILES string of the molecule is CCOc1cc(/C=C/C(=O)Nc2cccc(C(=O)N3CCCC3)c2C)ccc1OC. The lowest BCUT2D eigenvalue weighted by Gasteiger charge is -2.18. The molecule has 3 rings (SSSR count). The third kappa shape index (κ3) is 5.00. The van der Waals surface area contributed by atoms with Crippen LogP contribution in [0, 0.1) is 6.92 Å². The van der Waals surface area contributed by atoms with Gasteiger partial charge in [0, 0.05) is 30.4 Å². The number of carbonyl (C=O) groups excluding carboxylic acids is 2. The van der Waals surface area contributed by atoms with Crippen molar-refractivity contribution in [2.75, 3.05) is 32.1 Å². The predicted octanol–water partition coefficient (Wildman–Crippen LogP) is 4.29. The van der Waals surface area contributed by atoms with Crippen molar-refractivity contribution in [2.24, 2.45) is 0 Å². The van der Waals surface area contributed by atoms with Crippen LogP contribution >= 0.6 is 0 Å². The molecule has 1 fully saturated rings. The number of anilines is 1. The summed E-state index contributed by atoms with van der Waals surface area (Å²) < 4.78 is 10.8. The highest BCUT2D eigenvalue weighted by atomic mass is 16.5. The number of carbonyl (C=O) groups is 2. The summed E-state index contributed by atoms with van der Waals surface area (Å²) in [5.74, 6) is 1.04. The predicted molar refractivity (Wildman–Crippen MR) is 118 cm³/mol. The molecule has 2 amide bonds. The number of benzene rings is 2. The maximum atomic E-state index is 12.7. The number of hydrogen-bond acceptors (Lipinski definition) is 4. The molecule has 1 N–H and O–H groups in total. The molecule has 0 saturated carbocycles. The lowest BCUT2D eigenvalue weighted by atomic mass is 10.1. The first-order valence-electron chi connectivity index (χ1n) is 10.2. The van der Waals surface area contributed by atoms with E-state index in [1.54, 1.807) is 25.3 Å². The highest BCUT2D eigenvalue weighted by Gasteiger charge is 2.21. The maximum absolute atomic E-state index is 12.7. The summed E-state index contributed by atoms with van der Waals surface area (Å²) in [5.41, 5.74) is 2.87. The van der Waals surface area contributed by atoms with Crippen LogP contribution in [-0.4, -0.2) is 43.5 Å². The minimum Gasteiger partial charge on any atom is -0.493 e. The number of likely N-dealkylation sites (tertiary alicyclic amines) is 1. The third-order valence-electron chi connectivity index (χ3n) is 5.13. The number of hydrogen-bond donors (Lipinski definition) is 1. The van der Waals surface area contributed by atoms with Crippen LogP contribution in [0.15, 0.2) is 42.5 Å². The van der Waals surface area contributed by atoms with Crippen LogP contribution in [0.4, 0.5) is 5.69 Å². The Morgan fingerprint density at radius 3 is 2.60 bits per heavy atom. The molecule has 1 saturated heterocycles. The average Bonchev–Trinajstić information content (AvgIpc) is 3.29. The highest BCUT2D eigenvalue weighted by molar-refractivity contribution is 6.04. The Labute approximate surface area is 177 Å². The summed E-state index contributed by atoms with van der Waals surface area (Å²) in [5, 5.41) is 2.88. The van der Waals surface area contributed by atoms with E-state index in [-0.39, 0.29) is 11.8 Å². The molecule has 1 aliphatic heterocycles. The van der Waals surface area contributed by atoms with E-state index in [0.29, 0.717) is 29.4 Å². The molecule has 0 radical (unpaired) electrons. The molecule has 0 atom stereocenters. The van der Waals surface area contributed by atoms with Gasteiger partial charge < -0.3 is 19.7 Å². The van der Waals surface area contributed by atoms with Gasteiger partial charge in [0.2, 0.25) is 5.91 Å². The van der Waals surface area contributed by atoms with Gasteiger partial charge in [0.05, 0.1) is 13.7 Å². The average molecular weight is 408 g/mol. The fourth-order valence-electron chi connectivity index (χ4n) is 3.50. The van der Waals surface area contributed by atoms with Crippen molar-refractivity contribution in [3.63, 3.8) is 0 Å². The van der Waals surface area contributed by atoms with Gasteiger partial charge >= 0.3 is 0 Å². The van der Waals surface area contributed by atoms with E-state index in [4.69, 9.17) is 9.47 Å². The topological polar surface area (TPSA) is 67.9 Å². The van der Waals surface area contributed by atoms with Crippen molar-refractivity contribution in [3.05, 3.63) is 59.2 Å². The summed E-state index contributed by atoms with van der Waals surface area (Å²) in [4.78, 5) is 27.1. The molecular weight excluding hydrogens is 380 g/mol. The van der Waals surface area contributed by atoms with Crippen LogP contribution in [-0.2, 0) is 4.79 Å². The lowest BCUT2D eigenvalue weighted by molar-refractivity contribution is -0.111. The first-order valence-corrected chi connectivity index (χ1v) is 10.2. The quantitative estimate of drug-likeness (QED) is 0.694. The standard InChI is InChI=1S/C24H28N2O4/c1-4-30-22-16-18(10-12-21(22)29-3)11-13-23(27)25-20-9-7-8-19(17(20)2)24(28)26-14-5-6-15-26/h7-13,16H,4-6,14-15H2,1-3H3,(H,25,27)/b13-11+. The number of methoxy groups -OCH3 is 1. The molecule has 0 aromatic heterocycles. The van der Waals surface area contributed by atoms with Gasteiger partial charge in [-0.25, -0.2) is 0 Å². The molecule has 158 valence electrons. The van der Waals surface area contributed by atoms with E-state index in [1.807, 2.05) is 43.0 Å². The highest BCUT2D eigenvalue weighted by Crippen LogP contribution is 2.28. The smallest absolute Gasteiger partial charge is 0.254 e. The van der Waals surface area contributed by atoms with E-state index in [9.17, 15) is 9.59 Å². The van der Waals surface area contributed by atoms with Crippen LogP contribution < -0.4 is 14.8 Å². The molecule has 6 heteroatoms. The molecule has 0 aliphatic carbocycles. The maximum Gasteiger partial charge on any atom is 0.254 e. The van der Waals surface area contributed by atoms with Crippen molar-refractivity contribution in [2.45, 2.75) is 26.7 Å². The van der Waals surface area contributed by atoms with E-state index < -0.39 is 0 Å². The number of rotatable bonds is 7. The lowest BCUT2D eigenvalue weighted by Crippen LogP contribution is -2.28. The minimum absolute atomic E-state index is 0.0262. The summed E-state index contributed by atoms with van der Waals surface area (Å²) in [6.07, 6.45) is 5.27. The van der Waals surface area contributed by atoms with E-state index in [2.05, 4.69) is 5.32 Å². The molecule has 1 aliphatic rings. The normalized spacial score (nSPS) is 13.5. The third-order valence-corrected chi connectivity index (χ3v) is 5.13. The Morgan fingerprint density at radius 2 is 1.90 bits per heavy atom. The molecule has 6 nitrogen and oxygen atoms in total. The zero-order valence-corrected chi connectivity index (χ0v) is 17.7. The van der Waals surface area contributed by atoms with E-state index in [0.717, 1.165) is 37.1 Å². The molecule has 0 bridgehead atoms. The molecule has 30 heavy (non-hydrogen) atoms. The first kappa shape index (κ1) is 21.4. The minimum atomic E-state index is -0.266. The number of nitrogens with one attached hydrogen (secondary N) is 1. The number of amides is 2. The molecule has 0 spiro atoms. The van der Waals surface area contributed by atoms with Crippen molar-refractivity contribution in [1.82, 2.24) is 4.90 Å². The van der Waals surface area contributed by atoms with Gasteiger partial charge in [0.15, 0.2) is 11.5 Å². The van der Waals surface area contributed by atoms with Crippen LogP contribution in [0.1, 0.15) is 41.3 Å². The van der Waals surface area contributed by atoms with Crippen molar-refractivity contribution in [1.29, 1.82) is 0 Å². The Kier molecular flexibility index (Phi) is 7.12. The number of ether oxygens (including phenoxy) is 2. The summed E-state index contributed by atoms with van der Waals surface area (Å²) in [7, 11) is 1.59. The van der Waals surface area contributed by atoms with Crippen LogP contribution in [0.25, 0.3) is 6.08 Å². The second kappa shape index (κ2) is 9.96. The van der Waals surface area contributed by atoms with Crippen molar-refractivity contribution in [3.8, 4) is 11.5 Å². The van der Waals surface area contributed by atoms with Crippen LogP contribution in [0.2, 0.25) is 0 Å². The van der Waals surface area contributed by atoms with Gasteiger partial charge in [0.25, 0.3) is 5.91 Å². The summed E-state index contributed by atoms with van der Waals surface area (Å²) in [6, 6.07) is 10.9. The fraction of sp³-hybridized carbons (Fsp3) is 0.333. The van der Waals surface area contributed by atoms with Crippen molar-refractivity contribution >= 4 is 23.6 Å². The number of nitrogens with zero attached hydrogens (tertiary/aromatic N) is 1. The monoisotopic (exact) mass is 408 g/mol. The van der Waals surface area contributed by atoms with Crippen LogP contribution in [0.3, 0.4) is 0 Å². The van der Waals surface area contributed by atoms with Gasteiger partial charge in [-0.15, -0.1) is 0 Å². The zero-order chi connectivity index (χ0) is 21.5. The Morgan fingerprint density at radius 1 is 1.13 bits per heavy atom. The first-order chi connectivity index (χ1) is 14.5. The fourth-order valence-corrected chi connectivity index (χ4v) is 3.50. The van der Waals surface area contributed by atoms with Crippen LogP contribution in [0.5, 0.6) is 11.5 Å². The van der Waals surface area contributed by atoms with Gasteiger partial charge in [-0.3, -0.25) is 9.59 Å². The molecule has 0 unspecified atom stereocenters. The van der Waals surface area contributed by atoms with Gasteiger partial charge in [-0.05, 0) is 68.2 Å². The molecule has 1 heterocycles. The molecule has 2 aromatic rings. The van der Waals surface area contributed by atoms with Gasteiger partial charge in [-0.1, -0.05) is 12.1 Å². The largest absolute Gasteiger partial charge is 0.493 e. The Balaban J connectivity index is 1.71. The molecular formula is C24H28N2O4. The van der Waals surface area contributed by atoms with Crippen molar-refractivity contribution < 1.29 is 19.1 Å². The Hall–Kier alpha value is -3.28. The zero-order valence-electron chi connectivity index (χ0n) is 17.7.